The zero-order chi connectivity index (χ0) is 14.7. The molecule has 2 N–H and O–H groups in total. The summed E-state index contributed by atoms with van der Waals surface area (Å²) >= 11 is 0. The molecule has 1 aromatic heterocycles. The highest BCUT2D eigenvalue weighted by Crippen LogP contribution is 2.25. The van der Waals surface area contributed by atoms with Gasteiger partial charge >= 0.3 is 0 Å². The van der Waals surface area contributed by atoms with Gasteiger partial charge < -0.3 is 15.4 Å². The molecule has 0 bridgehead atoms. The summed E-state index contributed by atoms with van der Waals surface area (Å²) in [5.74, 6) is 1.58. The van der Waals surface area contributed by atoms with Crippen LogP contribution in [-0.2, 0) is 4.74 Å². The zero-order valence-electron chi connectivity index (χ0n) is 12.6. The van der Waals surface area contributed by atoms with Crippen molar-refractivity contribution in [3.8, 4) is 0 Å². The first-order valence-electron chi connectivity index (χ1n) is 7.66. The summed E-state index contributed by atoms with van der Waals surface area (Å²) in [4.78, 5) is 9.22. The first-order chi connectivity index (χ1) is 10.3. The minimum absolute atomic E-state index is 0.214. The van der Waals surface area contributed by atoms with Crippen LogP contribution in [-0.4, -0.2) is 35.3 Å². The number of fused-ring (bicyclic) bond motifs is 1. The number of nitrogens with zero attached hydrogens (tertiary/aromatic N) is 2. The van der Waals surface area contributed by atoms with E-state index in [1.165, 1.54) is 0 Å². The highest BCUT2D eigenvalue weighted by Gasteiger charge is 2.25. The fraction of sp³-hybridized carbons (Fsp3) is 0.500. The van der Waals surface area contributed by atoms with Crippen molar-refractivity contribution in [2.45, 2.75) is 38.8 Å². The maximum Gasteiger partial charge on any atom is 0.225 e. The first-order valence-corrected chi connectivity index (χ1v) is 7.66. The van der Waals surface area contributed by atoms with Gasteiger partial charge in [-0.15, -0.1) is 0 Å². The molecule has 1 aromatic carbocycles. The second-order valence-electron chi connectivity index (χ2n) is 5.46. The normalized spacial score (nSPS) is 21.6. The fourth-order valence-corrected chi connectivity index (χ4v) is 2.60. The van der Waals surface area contributed by atoms with Gasteiger partial charge in [0.15, 0.2) is 0 Å². The van der Waals surface area contributed by atoms with Crippen LogP contribution in [0.5, 0.6) is 0 Å². The smallest absolute Gasteiger partial charge is 0.225 e. The molecule has 0 amide bonds. The maximum atomic E-state index is 5.62. The van der Waals surface area contributed by atoms with Crippen LogP contribution in [0.1, 0.15) is 26.7 Å². The molecule has 112 valence electrons. The Morgan fingerprint density at radius 2 is 2.14 bits per heavy atom. The quantitative estimate of drug-likeness (QED) is 0.884. The summed E-state index contributed by atoms with van der Waals surface area (Å²) in [6.45, 7) is 5.92. The van der Waals surface area contributed by atoms with Crippen molar-refractivity contribution >= 4 is 22.7 Å². The van der Waals surface area contributed by atoms with Gasteiger partial charge in [0.1, 0.15) is 5.82 Å². The monoisotopic (exact) mass is 286 g/mol. The topological polar surface area (TPSA) is 59.1 Å². The summed E-state index contributed by atoms with van der Waals surface area (Å²) in [7, 11) is 0. The van der Waals surface area contributed by atoms with Gasteiger partial charge in [-0.25, -0.2) is 4.98 Å². The van der Waals surface area contributed by atoms with Crippen LogP contribution in [0.3, 0.4) is 0 Å². The molecular weight excluding hydrogens is 264 g/mol. The lowest BCUT2D eigenvalue weighted by atomic mass is 10.1. The van der Waals surface area contributed by atoms with E-state index in [0.29, 0.717) is 12.0 Å². The minimum atomic E-state index is 0.214. The Kier molecular flexibility index (Phi) is 4.20. The van der Waals surface area contributed by atoms with E-state index in [0.717, 1.165) is 42.7 Å². The Bertz CT molecular complexity index is 616. The van der Waals surface area contributed by atoms with Crippen LogP contribution in [0.25, 0.3) is 10.9 Å². The molecule has 1 fully saturated rings. The molecule has 0 spiro atoms. The largest absolute Gasteiger partial charge is 0.376 e. The molecule has 5 nitrogen and oxygen atoms in total. The van der Waals surface area contributed by atoms with E-state index < -0.39 is 0 Å². The van der Waals surface area contributed by atoms with E-state index in [1.54, 1.807) is 0 Å². The maximum absolute atomic E-state index is 5.62. The van der Waals surface area contributed by atoms with Gasteiger partial charge in [0.2, 0.25) is 5.95 Å². The van der Waals surface area contributed by atoms with Crippen molar-refractivity contribution in [1.29, 1.82) is 0 Å². The number of nitrogens with one attached hydrogen (secondary N) is 2. The van der Waals surface area contributed by atoms with Crippen LogP contribution in [0.2, 0.25) is 0 Å². The van der Waals surface area contributed by atoms with Gasteiger partial charge in [-0.05, 0) is 31.9 Å². The Morgan fingerprint density at radius 1 is 1.29 bits per heavy atom. The highest BCUT2D eigenvalue weighted by atomic mass is 16.5. The summed E-state index contributed by atoms with van der Waals surface area (Å²) in [6, 6.07) is 8.41. The molecule has 2 unspecified atom stereocenters. The van der Waals surface area contributed by atoms with E-state index in [4.69, 9.17) is 4.74 Å². The first kappa shape index (κ1) is 14.1. The number of anilines is 2. The molecule has 1 aliphatic heterocycles. The van der Waals surface area contributed by atoms with Gasteiger partial charge in [0, 0.05) is 18.5 Å². The van der Waals surface area contributed by atoms with Gasteiger partial charge in [0.25, 0.3) is 0 Å². The standard InChI is InChI=1S/C16H22N4O/c1-3-9-17-16-19-14-7-5-4-6-12(14)15(20-16)18-13-8-10-21-11(13)2/h4-7,11,13H,3,8-10H2,1-2H3,(H2,17,18,19,20). The summed E-state index contributed by atoms with van der Waals surface area (Å²) in [5, 5.41) is 7.86. The van der Waals surface area contributed by atoms with Crippen molar-refractivity contribution < 1.29 is 4.74 Å². The molecule has 0 radical (unpaired) electrons. The van der Waals surface area contributed by atoms with Crippen molar-refractivity contribution in [3.63, 3.8) is 0 Å². The Labute approximate surface area is 125 Å². The summed E-state index contributed by atoms with van der Waals surface area (Å²) < 4.78 is 5.62. The summed E-state index contributed by atoms with van der Waals surface area (Å²) in [5.41, 5.74) is 0.958. The average molecular weight is 286 g/mol. The van der Waals surface area contributed by atoms with Crippen LogP contribution >= 0.6 is 0 Å². The lowest BCUT2D eigenvalue weighted by Crippen LogP contribution is -2.27. The van der Waals surface area contributed by atoms with Gasteiger partial charge in [-0.1, -0.05) is 19.1 Å². The number of benzene rings is 1. The Balaban J connectivity index is 1.93. The van der Waals surface area contributed by atoms with E-state index >= 15 is 0 Å². The fourth-order valence-electron chi connectivity index (χ4n) is 2.60. The van der Waals surface area contributed by atoms with Crippen LogP contribution in [0.4, 0.5) is 11.8 Å². The number of ether oxygens (including phenoxy) is 1. The molecule has 1 aliphatic rings. The molecule has 0 saturated carbocycles. The number of aromatic nitrogens is 2. The number of hydrogen-bond donors (Lipinski definition) is 2. The molecule has 21 heavy (non-hydrogen) atoms. The molecule has 1 saturated heterocycles. The van der Waals surface area contributed by atoms with Crippen LogP contribution in [0, 0.1) is 0 Å². The predicted octanol–water partition coefficient (Wildman–Crippen LogP) is 3.04. The zero-order valence-corrected chi connectivity index (χ0v) is 12.6. The third kappa shape index (κ3) is 3.08. The molecule has 0 aliphatic carbocycles. The second-order valence-corrected chi connectivity index (χ2v) is 5.46. The minimum Gasteiger partial charge on any atom is -0.376 e. The van der Waals surface area contributed by atoms with Crippen molar-refractivity contribution in [1.82, 2.24) is 9.97 Å². The third-order valence-corrected chi connectivity index (χ3v) is 3.83. The van der Waals surface area contributed by atoms with Crippen LogP contribution < -0.4 is 10.6 Å². The second kappa shape index (κ2) is 6.26. The molecule has 2 heterocycles. The SMILES string of the molecule is CCCNc1nc(NC2CCOC2C)c2ccccc2n1. The lowest BCUT2D eigenvalue weighted by molar-refractivity contribution is 0.121. The van der Waals surface area contributed by atoms with Gasteiger partial charge in [0.05, 0.1) is 17.7 Å². The van der Waals surface area contributed by atoms with E-state index in [9.17, 15) is 0 Å². The number of hydrogen-bond acceptors (Lipinski definition) is 5. The molecular formula is C16H22N4O. The molecule has 5 heteroatoms. The lowest BCUT2D eigenvalue weighted by Gasteiger charge is -2.18. The van der Waals surface area contributed by atoms with E-state index in [-0.39, 0.29) is 6.10 Å². The summed E-state index contributed by atoms with van der Waals surface area (Å²) in [6.07, 6.45) is 2.27. The number of rotatable bonds is 5. The predicted molar refractivity (Wildman–Crippen MR) is 85.8 cm³/mol. The van der Waals surface area contributed by atoms with Crippen LogP contribution in [0.15, 0.2) is 24.3 Å². The van der Waals surface area contributed by atoms with Crippen molar-refractivity contribution in [2.75, 3.05) is 23.8 Å². The van der Waals surface area contributed by atoms with Crippen molar-refractivity contribution in [2.24, 2.45) is 0 Å². The number of para-hydroxylation sites is 1. The highest BCUT2D eigenvalue weighted by molar-refractivity contribution is 5.90. The van der Waals surface area contributed by atoms with Crippen molar-refractivity contribution in [3.05, 3.63) is 24.3 Å². The molecule has 2 aromatic rings. The average Bonchev–Trinajstić information content (AvgIpc) is 2.90. The molecule has 2 atom stereocenters. The third-order valence-electron chi connectivity index (χ3n) is 3.83. The Hall–Kier alpha value is -1.88. The van der Waals surface area contributed by atoms with E-state index in [1.807, 2.05) is 18.2 Å². The Morgan fingerprint density at radius 3 is 2.90 bits per heavy atom. The van der Waals surface area contributed by atoms with Gasteiger partial charge in [-0.3, -0.25) is 0 Å². The van der Waals surface area contributed by atoms with E-state index in [2.05, 4.69) is 40.5 Å². The van der Waals surface area contributed by atoms with Gasteiger partial charge in [-0.2, -0.15) is 4.98 Å². The molecule has 3 rings (SSSR count).